The molecule has 0 amide bonds. The molecule has 0 bridgehead atoms. The smallest absolute Gasteiger partial charge is 0.212 e. The first-order valence-corrected chi connectivity index (χ1v) is 8.43. The fourth-order valence-corrected chi connectivity index (χ4v) is 4.08. The fourth-order valence-electron chi connectivity index (χ4n) is 1.40. The van der Waals surface area contributed by atoms with Gasteiger partial charge < -0.3 is 0 Å². The van der Waals surface area contributed by atoms with E-state index in [2.05, 4.69) is 4.72 Å². The zero-order chi connectivity index (χ0) is 13.1. The van der Waals surface area contributed by atoms with Gasteiger partial charge in [0.25, 0.3) is 0 Å². The third-order valence-corrected chi connectivity index (χ3v) is 5.72. The number of sulfonamides is 1. The monoisotopic (exact) mass is 295 g/mol. The van der Waals surface area contributed by atoms with E-state index >= 15 is 0 Å². The third-order valence-electron chi connectivity index (χ3n) is 2.45. The Morgan fingerprint density at radius 2 is 2.12 bits per heavy atom. The predicted molar refractivity (Wildman–Crippen MR) is 74.3 cm³/mol. The van der Waals surface area contributed by atoms with E-state index in [-0.39, 0.29) is 11.7 Å². The molecule has 98 valence electrons. The first-order valence-electron chi connectivity index (χ1n) is 5.43. The van der Waals surface area contributed by atoms with Crippen LogP contribution in [0.3, 0.4) is 0 Å². The summed E-state index contributed by atoms with van der Waals surface area (Å²) in [6.45, 7) is 6.26. The van der Waals surface area contributed by atoms with Gasteiger partial charge in [0.15, 0.2) is 0 Å². The zero-order valence-electron chi connectivity index (χ0n) is 10.3. The van der Waals surface area contributed by atoms with E-state index in [1.807, 2.05) is 26.8 Å². The highest BCUT2D eigenvalue weighted by atomic mass is 35.5. The molecule has 0 fully saturated rings. The van der Waals surface area contributed by atoms with Crippen molar-refractivity contribution in [2.45, 2.75) is 27.3 Å². The highest BCUT2D eigenvalue weighted by Gasteiger charge is 2.15. The van der Waals surface area contributed by atoms with Crippen LogP contribution in [0, 0.1) is 19.8 Å². The summed E-state index contributed by atoms with van der Waals surface area (Å²) in [7, 11) is -3.22. The normalized spacial score (nSPS) is 13.9. The Hall–Kier alpha value is -0.100. The number of aryl methyl sites for hydroxylation is 2. The molecule has 0 saturated carbocycles. The molecule has 1 unspecified atom stereocenters. The van der Waals surface area contributed by atoms with Gasteiger partial charge in [-0.25, -0.2) is 13.1 Å². The van der Waals surface area contributed by atoms with E-state index in [1.165, 1.54) is 10.4 Å². The van der Waals surface area contributed by atoms with Crippen molar-refractivity contribution >= 4 is 33.0 Å². The number of hydrogen-bond donors (Lipinski definition) is 1. The van der Waals surface area contributed by atoms with Gasteiger partial charge in [-0.3, -0.25) is 0 Å². The molecule has 1 aromatic rings. The Balaban J connectivity index is 2.55. The van der Waals surface area contributed by atoms with Crippen LogP contribution in [-0.4, -0.2) is 20.1 Å². The van der Waals surface area contributed by atoms with Crippen LogP contribution in [0.4, 0.5) is 0 Å². The SMILES string of the molecule is Cc1cc(CNS(=O)(=O)CC(C)CCl)sc1C. The maximum atomic E-state index is 11.7. The molecule has 1 heterocycles. The van der Waals surface area contributed by atoms with Gasteiger partial charge >= 0.3 is 0 Å². The van der Waals surface area contributed by atoms with Crippen LogP contribution in [0.5, 0.6) is 0 Å². The lowest BCUT2D eigenvalue weighted by molar-refractivity contribution is 0.569. The summed E-state index contributed by atoms with van der Waals surface area (Å²) in [6.07, 6.45) is 0. The van der Waals surface area contributed by atoms with Gasteiger partial charge in [0.1, 0.15) is 0 Å². The summed E-state index contributed by atoms with van der Waals surface area (Å²) >= 11 is 7.24. The van der Waals surface area contributed by atoms with Gasteiger partial charge in [-0.05, 0) is 31.4 Å². The van der Waals surface area contributed by atoms with Gasteiger partial charge in [-0.1, -0.05) is 6.92 Å². The van der Waals surface area contributed by atoms with Crippen LogP contribution < -0.4 is 4.72 Å². The van der Waals surface area contributed by atoms with E-state index in [1.54, 1.807) is 11.3 Å². The number of halogens is 1. The van der Waals surface area contributed by atoms with Gasteiger partial charge in [-0.2, -0.15) is 0 Å². The third kappa shape index (κ3) is 4.95. The summed E-state index contributed by atoms with van der Waals surface area (Å²) in [5.41, 5.74) is 1.21. The lowest BCUT2D eigenvalue weighted by atomic mass is 10.3. The molecule has 0 spiro atoms. The fraction of sp³-hybridized carbons (Fsp3) is 0.636. The standard InChI is InChI=1S/C11H18ClNO2S2/c1-8(5-12)7-17(14,15)13-6-11-4-9(2)10(3)16-11/h4,8,13H,5-7H2,1-3H3. The number of thiophene rings is 1. The second-order valence-corrected chi connectivity index (χ2v) is 7.81. The Morgan fingerprint density at radius 3 is 2.59 bits per heavy atom. The molecule has 3 nitrogen and oxygen atoms in total. The maximum absolute atomic E-state index is 11.7. The van der Waals surface area contributed by atoms with Crippen LogP contribution in [0.15, 0.2) is 6.07 Å². The van der Waals surface area contributed by atoms with Crippen molar-refractivity contribution in [2.24, 2.45) is 5.92 Å². The largest absolute Gasteiger partial charge is 0.212 e. The zero-order valence-corrected chi connectivity index (χ0v) is 12.7. The minimum absolute atomic E-state index is 0.0269. The van der Waals surface area contributed by atoms with E-state index in [4.69, 9.17) is 11.6 Å². The van der Waals surface area contributed by atoms with Gasteiger partial charge in [0.2, 0.25) is 10.0 Å². The highest BCUT2D eigenvalue weighted by Crippen LogP contribution is 2.20. The average molecular weight is 296 g/mol. The van der Waals surface area contributed by atoms with Crippen molar-refractivity contribution in [3.8, 4) is 0 Å². The average Bonchev–Trinajstić information content (AvgIpc) is 2.55. The van der Waals surface area contributed by atoms with Crippen molar-refractivity contribution in [1.29, 1.82) is 0 Å². The topological polar surface area (TPSA) is 46.2 Å². The van der Waals surface area contributed by atoms with Gasteiger partial charge in [0, 0.05) is 22.2 Å². The summed E-state index contributed by atoms with van der Waals surface area (Å²) in [5.74, 6) is 0.416. The van der Waals surface area contributed by atoms with Crippen LogP contribution in [0.2, 0.25) is 0 Å². The number of nitrogens with one attached hydrogen (secondary N) is 1. The summed E-state index contributed by atoms with van der Waals surface area (Å²) in [4.78, 5) is 2.27. The van der Waals surface area contributed by atoms with E-state index in [0.717, 1.165) is 4.88 Å². The molecule has 1 N–H and O–H groups in total. The Bertz CT molecular complexity index is 448. The molecule has 0 aliphatic heterocycles. The molecule has 0 aliphatic rings. The lowest BCUT2D eigenvalue weighted by Crippen LogP contribution is -2.29. The Morgan fingerprint density at radius 1 is 1.47 bits per heavy atom. The quantitative estimate of drug-likeness (QED) is 0.820. The number of rotatable bonds is 6. The van der Waals surface area contributed by atoms with Crippen LogP contribution >= 0.6 is 22.9 Å². The predicted octanol–water partition coefficient (Wildman–Crippen LogP) is 2.66. The van der Waals surface area contributed by atoms with Crippen molar-refractivity contribution in [3.05, 3.63) is 21.4 Å². The first kappa shape index (κ1) is 15.0. The maximum Gasteiger partial charge on any atom is 0.212 e. The van der Waals surface area contributed by atoms with Gasteiger partial charge in [-0.15, -0.1) is 22.9 Å². The van der Waals surface area contributed by atoms with E-state index in [0.29, 0.717) is 12.4 Å². The first-order chi connectivity index (χ1) is 7.84. The van der Waals surface area contributed by atoms with Crippen molar-refractivity contribution < 1.29 is 8.42 Å². The molecule has 17 heavy (non-hydrogen) atoms. The van der Waals surface area contributed by atoms with Crippen LogP contribution in [-0.2, 0) is 16.6 Å². The molecule has 0 saturated heterocycles. The Kier molecular flexibility index (Phi) is 5.44. The number of hydrogen-bond acceptors (Lipinski definition) is 3. The Labute approximate surface area is 112 Å². The second kappa shape index (κ2) is 6.18. The molecular weight excluding hydrogens is 278 g/mol. The van der Waals surface area contributed by atoms with Crippen molar-refractivity contribution in [2.75, 3.05) is 11.6 Å². The molecule has 1 aromatic heterocycles. The molecule has 1 atom stereocenters. The van der Waals surface area contributed by atoms with Crippen molar-refractivity contribution in [3.63, 3.8) is 0 Å². The minimum Gasteiger partial charge on any atom is -0.212 e. The second-order valence-electron chi connectivity index (χ2n) is 4.31. The summed E-state index contributed by atoms with van der Waals surface area (Å²) in [5, 5.41) is 0. The molecule has 6 heteroatoms. The lowest BCUT2D eigenvalue weighted by Gasteiger charge is -2.09. The molecule has 1 rings (SSSR count). The molecule has 0 aliphatic carbocycles. The van der Waals surface area contributed by atoms with Crippen molar-refractivity contribution in [1.82, 2.24) is 4.72 Å². The summed E-state index contributed by atoms with van der Waals surface area (Å²) < 4.78 is 26.0. The number of alkyl halides is 1. The van der Waals surface area contributed by atoms with Crippen LogP contribution in [0.1, 0.15) is 22.2 Å². The molecule has 0 radical (unpaired) electrons. The van der Waals surface area contributed by atoms with E-state index in [9.17, 15) is 8.42 Å². The van der Waals surface area contributed by atoms with Gasteiger partial charge in [0.05, 0.1) is 5.75 Å². The molecule has 0 aromatic carbocycles. The minimum atomic E-state index is -3.22. The summed E-state index contributed by atoms with van der Waals surface area (Å²) in [6, 6.07) is 2.02. The highest BCUT2D eigenvalue weighted by molar-refractivity contribution is 7.89. The molecular formula is C11H18ClNO2S2. The van der Waals surface area contributed by atoms with Crippen LogP contribution in [0.25, 0.3) is 0 Å². The van der Waals surface area contributed by atoms with E-state index < -0.39 is 10.0 Å².